The Morgan fingerprint density at radius 1 is 1.36 bits per heavy atom. The first kappa shape index (κ1) is 18.7. The van der Waals surface area contributed by atoms with E-state index in [1.807, 2.05) is 0 Å². The van der Waals surface area contributed by atoms with Crippen LogP contribution in [0.4, 0.5) is 13.2 Å². The summed E-state index contributed by atoms with van der Waals surface area (Å²) in [5, 5.41) is 4.90. The summed E-state index contributed by atoms with van der Waals surface area (Å²) >= 11 is 0. The summed E-state index contributed by atoms with van der Waals surface area (Å²) in [4.78, 5) is 11.9. The lowest BCUT2D eigenvalue weighted by Gasteiger charge is -2.27. The van der Waals surface area contributed by atoms with E-state index in [4.69, 9.17) is 4.74 Å². The molecule has 1 amide bonds. The van der Waals surface area contributed by atoms with Gasteiger partial charge >= 0.3 is 6.18 Å². The van der Waals surface area contributed by atoms with Gasteiger partial charge in [-0.2, -0.15) is 13.2 Å². The molecule has 2 unspecified atom stereocenters. The van der Waals surface area contributed by atoms with E-state index in [0.717, 1.165) is 0 Å². The van der Waals surface area contributed by atoms with E-state index in [2.05, 4.69) is 10.6 Å². The van der Waals surface area contributed by atoms with Gasteiger partial charge in [0.25, 0.3) is 0 Å². The normalized spacial score (nSPS) is 19.9. The van der Waals surface area contributed by atoms with Crippen molar-refractivity contribution in [2.24, 2.45) is 0 Å². The summed E-state index contributed by atoms with van der Waals surface area (Å²) in [7, 11) is 0. The Labute approximate surface area is 132 Å². The molecule has 1 aliphatic rings. The van der Waals surface area contributed by atoms with E-state index >= 15 is 0 Å². The second-order valence-electron chi connectivity index (χ2n) is 4.87. The summed E-state index contributed by atoms with van der Waals surface area (Å²) in [5.74, 6) is -0.687. The lowest BCUT2D eigenvalue weighted by molar-refractivity contribution is -0.162. The lowest BCUT2D eigenvalue weighted by Crippen LogP contribution is -2.56. The second kappa shape index (κ2) is 8.36. The molecule has 1 saturated heterocycles. The van der Waals surface area contributed by atoms with Crippen molar-refractivity contribution in [3.63, 3.8) is 0 Å². The Hall–Kier alpha value is -1.31. The fourth-order valence-corrected chi connectivity index (χ4v) is 2.10. The van der Waals surface area contributed by atoms with Crippen molar-refractivity contribution in [1.82, 2.24) is 10.6 Å². The molecule has 2 atom stereocenters. The van der Waals surface area contributed by atoms with Crippen molar-refractivity contribution in [2.45, 2.75) is 24.7 Å². The molecule has 1 aromatic rings. The smallest absolute Gasteiger partial charge is 0.378 e. The van der Waals surface area contributed by atoms with Crippen LogP contribution in [0.25, 0.3) is 0 Å². The zero-order chi connectivity index (χ0) is 15.3. The highest BCUT2D eigenvalue weighted by atomic mass is 35.5. The Balaban J connectivity index is 0.00000242. The number of ether oxygens (including phenoxy) is 1. The SMILES string of the molecule is Cl.O=C(NC(Cc1ccccc1)C(F)(F)F)C1COCCN1. The summed E-state index contributed by atoms with van der Waals surface area (Å²) < 4.78 is 44.3. The molecule has 0 bridgehead atoms. The van der Waals surface area contributed by atoms with E-state index in [1.165, 1.54) is 0 Å². The highest BCUT2D eigenvalue weighted by Gasteiger charge is 2.41. The van der Waals surface area contributed by atoms with Crippen molar-refractivity contribution in [3.8, 4) is 0 Å². The number of carbonyl (C=O) groups is 1. The fraction of sp³-hybridized carbons (Fsp3) is 0.500. The first-order valence-corrected chi connectivity index (χ1v) is 6.69. The third-order valence-electron chi connectivity index (χ3n) is 3.23. The maximum atomic E-state index is 13.1. The number of amides is 1. The quantitative estimate of drug-likeness (QED) is 0.878. The Kier molecular flexibility index (Phi) is 7.12. The molecule has 124 valence electrons. The van der Waals surface area contributed by atoms with Crippen LogP contribution in [0.2, 0.25) is 0 Å². The largest absolute Gasteiger partial charge is 0.408 e. The van der Waals surface area contributed by atoms with Crippen molar-refractivity contribution in [1.29, 1.82) is 0 Å². The van der Waals surface area contributed by atoms with Crippen molar-refractivity contribution in [3.05, 3.63) is 35.9 Å². The van der Waals surface area contributed by atoms with Crippen LogP contribution in [-0.4, -0.2) is 43.9 Å². The number of halogens is 4. The van der Waals surface area contributed by atoms with Crippen molar-refractivity contribution < 1.29 is 22.7 Å². The van der Waals surface area contributed by atoms with Gasteiger partial charge in [0, 0.05) is 13.0 Å². The summed E-state index contributed by atoms with van der Waals surface area (Å²) in [5.41, 5.74) is 0.521. The van der Waals surface area contributed by atoms with Crippen LogP contribution >= 0.6 is 12.4 Å². The van der Waals surface area contributed by atoms with Gasteiger partial charge in [0.2, 0.25) is 5.91 Å². The van der Waals surface area contributed by atoms with Crippen LogP contribution in [-0.2, 0) is 16.0 Å². The number of alkyl halides is 3. The molecule has 4 nitrogen and oxygen atoms in total. The van der Waals surface area contributed by atoms with Crippen LogP contribution in [0, 0.1) is 0 Å². The number of rotatable bonds is 4. The maximum Gasteiger partial charge on any atom is 0.408 e. The minimum Gasteiger partial charge on any atom is -0.378 e. The molecular weight excluding hydrogens is 321 g/mol. The highest BCUT2D eigenvalue weighted by Crippen LogP contribution is 2.23. The number of morpholine rings is 1. The molecule has 0 aromatic heterocycles. The fourth-order valence-electron chi connectivity index (χ4n) is 2.10. The van der Waals surface area contributed by atoms with Gasteiger partial charge in [0.1, 0.15) is 12.1 Å². The minimum absolute atomic E-state index is 0. The molecule has 0 saturated carbocycles. The van der Waals surface area contributed by atoms with E-state index in [1.54, 1.807) is 30.3 Å². The molecule has 1 heterocycles. The summed E-state index contributed by atoms with van der Waals surface area (Å²) in [6.07, 6.45) is -4.79. The van der Waals surface area contributed by atoms with Gasteiger partial charge in [-0.3, -0.25) is 4.79 Å². The van der Waals surface area contributed by atoms with Gasteiger partial charge in [-0.15, -0.1) is 12.4 Å². The molecule has 2 N–H and O–H groups in total. The number of hydrogen-bond acceptors (Lipinski definition) is 3. The van der Waals surface area contributed by atoms with E-state index in [-0.39, 0.29) is 25.4 Å². The van der Waals surface area contributed by atoms with Crippen LogP contribution in [0.3, 0.4) is 0 Å². The molecule has 8 heteroatoms. The minimum atomic E-state index is -4.50. The third-order valence-corrected chi connectivity index (χ3v) is 3.23. The monoisotopic (exact) mass is 338 g/mol. The summed E-state index contributed by atoms with van der Waals surface area (Å²) in [6.45, 7) is 0.992. The molecule has 22 heavy (non-hydrogen) atoms. The second-order valence-corrected chi connectivity index (χ2v) is 4.87. The first-order chi connectivity index (χ1) is 9.97. The van der Waals surface area contributed by atoms with Gasteiger partial charge in [-0.05, 0) is 5.56 Å². The molecule has 0 spiro atoms. The zero-order valence-corrected chi connectivity index (χ0v) is 12.5. The standard InChI is InChI=1S/C14H17F3N2O2.ClH/c15-14(16,17)12(8-10-4-2-1-3-5-10)19-13(20)11-9-21-7-6-18-11;/h1-5,11-12,18H,6-9H2,(H,19,20);1H. The predicted molar refractivity (Wildman–Crippen MR) is 78.0 cm³/mol. The number of nitrogens with one attached hydrogen (secondary N) is 2. The predicted octanol–water partition coefficient (Wildman–Crippen LogP) is 1.69. The van der Waals surface area contributed by atoms with Crippen LogP contribution in [0.1, 0.15) is 5.56 Å². The molecule has 0 radical (unpaired) electrons. The van der Waals surface area contributed by atoms with Crippen LogP contribution in [0.5, 0.6) is 0 Å². The third kappa shape index (κ3) is 5.47. The number of carbonyl (C=O) groups excluding carboxylic acids is 1. The first-order valence-electron chi connectivity index (χ1n) is 6.69. The molecule has 1 fully saturated rings. The highest BCUT2D eigenvalue weighted by molar-refractivity contribution is 5.85. The van der Waals surface area contributed by atoms with Crippen LogP contribution in [0.15, 0.2) is 30.3 Å². The molecule has 1 aliphatic heterocycles. The van der Waals surface area contributed by atoms with E-state index < -0.39 is 24.2 Å². The zero-order valence-electron chi connectivity index (χ0n) is 11.7. The molecule has 0 aliphatic carbocycles. The average molecular weight is 339 g/mol. The maximum absolute atomic E-state index is 13.1. The topological polar surface area (TPSA) is 50.4 Å². The van der Waals surface area contributed by atoms with Crippen LogP contribution < -0.4 is 10.6 Å². The number of hydrogen-bond donors (Lipinski definition) is 2. The van der Waals surface area contributed by atoms with Gasteiger partial charge in [0.05, 0.1) is 13.2 Å². The Bertz CT molecular complexity index is 465. The van der Waals surface area contributed by atoms with E-state index in [9.17, 15) is 18.0 Å². The Morgan fingerprint density at radius 3 is 2.59 bits per heavy atom. The average Bonchev–Trinajstić information content (AvgIpc) is 2.47. The summed E-state index contributed by atoms with van der Waals surface area (Å²) in [6, 6.07) is 5.63. The molecule has 1 aromatic carbocycles. The molecule has 2 rings (SSSR count). The van der Waals surface area contributed by atoms with Gasteiger partial charge in [-0.25, -0.2) is 0 Å². The van der Waals surface area contributed by atoms with Crippen molar-refractivity contribution >= 4 is 18.3 Å². The lowest BCUT2D eigenvalue weighted by atomic mass is 10.1. The van der Waals surface area contributed by atoms with Gasteiger partial charge < -0.3 is 15.4 Å². The molecular formula is C14H18ClF3N2O2. The van der Waals surface area contributed by atoms with Gasteiger partial charge in [0.15, 0.2) is 0 Å². The Morgan fingerprint density at radius 2 is 2.05 bits per heavy atom. The van der Waals surface area contributed by atoms with Crippen molar-refractivity contribution in [2.75, 3.05) is 19.8 Å². The van der Waals surface area contributed by atoms with E-state index in [0.29, 0.717) is 18.7 Å². The number of benzene rings is 1. The van der Waals surface area contributed by atoms with Gasteiger partial charge in [-0.1, -0.05) is 30.3 Å².